The van der Waals surface area contributed by atoms with Crippen molar-refractivity contribution < 1.29 is 9.47 Å². The molecule has 1 aromatic rings. The Bertz CT molecular complexity index is 678. The average Bonchev–Trinajstić information content (AvgIpc) is 3.09. The van der Waals surface area contributed by atoms with E-state index in [4.69, 9.17) is 9.47 Å². The van der Waals surface area contributed by atoms with Gasteiger partial charge in [-0.1, -0.05) is 20.8 Å². The van der Waals surface area contributed by atoms with Crippen molar-refractivity contribution in [2.24, 2.45) is 27.0 Å². The number of ether oxygens (including phenoxy) is 2. The Hall–Kier alpha value is -1.84. The lowest BCUT2D eigenvalue weighted by Crippen LogP contribution is -2.32. The summed E-state index contributed by atoms with van der Waals surface area (Å²) in [7, 11) is 0. The van der Waals surface area contributed by atoms with Crippen LogP contribution in [0.4, 0.5) is 0 Å². The highest BCUT2D eigenvalue weighted by Crippen LogP contribution is 2.63. The van der Waals surface area contributed by atoms with E-state index in [1.54, 1.807) is 6.21 Å². The molecule has 1 aromatic carbocycles. The third-order valence-corrected chi connectivity index (χ3v) is 6.29. The summed E-state index contributed by atoms with van der Waals surface area (Å²) in [5.41, 5.74) is 2.82. The lowest BCUT2D eigenvalue weighted by molar-refractivity contribution is 0.174. The van der Waals surface area contributed by atoms with E-state index in [2.05, 4.69) is 31.0 Å². The molecular weight excluding hydrogens is 276 g/mol. The summed E-state index contributed by atoms with van der Waals surface area (Å²) >= 11 is 0. The lowest BCUT2D eigenvalue weighted by Gasteiger charge is -2.34. The first-order valence-electron chi connectivity index (χ1n) is 8.01. The molecule has 4 nitrogen and oxygen atoms in total. The molecule has 4 rings (SSSR count). The Morgan fingerprint density at radius 1 is 1.18 bits per heavy atom. The summed E-state index contributed by atoms with van der Waals surface area (Å²) in [5, 5.41) is 8.92. The average molecular weight is 298 g/mol. The topological polar surface area (TPSA) is 43.2 Å². The first-order valence-corrected chi connectivity index (χ1v) is 8.01. The minimum atomic E-state index is 0.212. The van der Waals surface area contributed by atoms with Crippen LogP contribution in [-0.4, -0.2) is 18.7 Å². The van der Waals surface area contributed by atoms with Crippen LogP contribution in [0.15, 0.2) is 28.4 Å². The molecule has 2 bridgehead atoms. The predicted molar refractivity (Wildman–Crippen MR) is 86.8 cm³/mol. The third kappa shape index (κ3) is 1.82. The van der Waals surface area contributed by atoms with Gasteiger partial charge in [-0.3, -0.25) is 0 Å². The maximum absolute atomic E-state index is 5.38. The number of benzene rings is 1. The monoisotopic (exact) mass is 298 g/mol. The first-order chi connectivity index (χ1) is 10.5. The van der Waals surface area contributed by atoms with Crippen LogP contribution in [0.2, 0.25) is 0 Å². The van der Waals surface area contributed by atoms with E-state index in [1.807, 2.05) is 18.2 Å². The molecule has 0 aromatic heterocycles. The molecule has 2 unspecified atom stereocenters. The van der Waals surface area contributed by atoms with Gasteiger partial charge < -0.3 is 9.47 Å². The van der Waals surface area contributed by atoms with Gasteiger partial charge >= 0.3 is 0 Å². The molecule has 0 radical (unpaired) electrons. The molecule has 22 heavy (non-hydrogen) atoms. The zero-order chi connectivity index (χ0) is 15.4. The summed E-state index contributed by atoms with van der Waals surface area (Å²) in [6.45, 7) is 7.42. The van der Waals surface area contributed by atoms with E-state index in [1.165, 1.54) is 18.6 Å². The van der Waals surface area contributed by atoms with Gasteiger partial charge in [-0.25, -0.2) is 0 Å². The van der Waals surface area contributed by atoms with E-state index >= 15 is 0 Å². The second-order valence-electron chi connectivity index (χ2n) is 7.40. The highest BCUT2D eigenvalue weighted by atomic mass is 16.7. The summed E-state index contributed by atoms with van der Waals surface area (Å²) < 4.78 is 10.7. The summed E-state index contributed by atoms with van der Waals surface area (Å²) in [4.78, 5) is 0. The fourth-order valence-electron chi connectivity index (χ4n) is 4.24. The number of hydrogen-bond acceptors (Lipinski definition) is 4. The Balaban J connectivity index is 1.55. The highest BCUT2D eigenvalue weighted by Gasteiger charge is 2.59. The second-order valence-corrected chi connectivity index (χ2v) is 7.40. The summed E-state index contributed by atoms with van der Waals surface area (Å²) in [5.74, 6) is 2.34. The van der Waals surface area contributed by atoms with Crippen LogP contribution >= 0.6 is 0 Å². The van der Waals surface area contributed by atoms with E-state index < -0.39 is 0 Å². The van der Waals surface area contributed by atoms with Crippen molar-refractivity contribution in [2.75, 3.05) is 6.79 Å². The highest BCUT2D eigenvalue weighted by molar-refractivity contribution is 5.94. The van der Waals surface area contributed by atoms with Crippen molar-refractivity contribution >= 4 is 11.9 Å². The van der Waals surface area contributed by atoms with E-state index in [0.29, 0.717) is 12.2 Å². The van der Waals surface area contributed by atoms with Gasteiger partial charge in [0.15, 0.2) is 11.5 Å². The van der Waals surface area contributed by atoms with Crippen LogP contribution in [0.5, 0.6) is 11.5 Å². The van der Waals surface area contributed by atoms with Gasteiger partial charge in [-0.05, 0) is 54.4 Å². The molecule has 0 N–H and O–H groups in total. The number of fused-ring (bicyclic) bond motifs is 3. The third-order valence-electron chi connectivity index (χ3n) is 6.29. The maximum Gasteiger partial charge on any atom is 0.231 e. The van der Waals surface area contributed by atoms with Crippen molar-refractivity contribution in [2.45, 2.75) is 40.0 Å². The largest absolute Gasteiger partial charge is 0.454 e. The molecule has 116 valence electrons. The second kappa shape index (κ2) is 4.58. The van der Waals surface area contributed by atoms with Crippen molar-refractivity contribution in [3.63, 3.8) is 0 Å². The molecule has 0 saturated heterocycles. The van der Waals surface area contributed by atoms with Gasteiger partial charge in [0.2, 0.25) is 6.79 Å². The van der Waals surface area contributed by atoms with E-state index in [-0.39, 0.29) is 5.41 Å². The molecule has 1 aliphatic heterocycles. The van der Waals surface area contributed by atoms with Crippen LogP contribution < -0.4 is 9.47 Å². The van der Waals surface area contributed by atoms with Crippen LogP contribution in [0, 0.1) is 16.7 Å². The zero-order valence-electron chi connectivity index (χ0n) is 13.4. The molecule has 0 spiro atoms. The van der Waals surface area contributed by atoms with E-state index in [9.17, 15) is 0 Å². The summed E-state index contributed by atoms with van der Waals surface area (Å²) in [6, 6.07) is 5.83. The minimum absolute atomic E-state index is 0.212. The number of rotatable bonds is 2. The van der Waals surface area contributed by atoms with Crippen molar-refractivity contribution in [3.8, 4) is 11.5 Å². The SMILES string of the molecule is CC12CCC(C/C1=N/N=C/c1ccc3c(c1)OCO3)C2(C)C. The lowest BCUT2D eigenvalue weighted by atomic mass is 9.70. The quantitative estimate of drug-likeness (QED) is 0.611. The van der Waals surface area contributed by atoms with Gasteiger partial charge in [0.25, 0.3) is 0 Å². The Morgan fingerprint density at radius 3 is 2.73 bits per heavy atom. The molecular formula is C18H22N2O2. The van der Waals surface area contributed by atoms with Crippen molar-refractivity contribution in [1.82, 2.24) is 0 Å². The minimum Gasteiger partial charge on any atom is -0.454 e. The van der Waals surface area contributed by atoms with Crippen molar-refractivity contribution in [3.05, 3.63) is 23.8 Å². The Kier molecular flexibility index (Phi) is 2.87. The fourth-order valence-corrected chi connectivity index (χ4v) is 4.24. The van der Waals surface area contributed by atoms with Crippen molar-refractivity contribution in [1.29, 1.82) is 0 Å². The number of nitrogens with zero attached hydrogens (tertiary/aromatic N) is 2. The maximum atomic E-state index is 5.38. The molecule has 1 heterocycles. The molecule has 2 saturated carbocycles. The Morgan fingerprint density at radius 2 is 2.00 bits per heavy atom. The fraction of sp³-hybridized carbons (Fsp3) is 0.556. The predicted octanol–water partition coefficient (Wildman–Crippen LogP) is 4.04. The molecule has 3 aliphatic rings. The molecule has 2 atom stereocenters. The van der Waals surface area contributed by atoms with Gasteiger partial charge in [0, 0.05) is 11.1 Å². The van der Waals surface area contributed by atoms with Gasteiger partial charge in [-0.2, -0.15) is 10.2 Å². The first kappa shape index (κ1) is 13.8. The van der Waals surface area contributed by atoms with Crippen LogP contribution in [0.3, 0.4) is 0 Å². The summed E-state index contributed by atoms with van der Waals surface area (Å²) in [6.07, 6.45) is 5.47. The van der Waals surface area contributed by atoms with Crippen LogP contribution in [0.25, 0.3) is 0 Å². The van der Waals surface area contributed by atoms with Gasteiger partial charge in [0.1, 0.15) is 0 Å². The van der Waals surface area contributed by atoms with Gasteiger partial charge in [0.05, 0.1) is 6.21 Å². The Labute approximate surface area is 131 Å². The smallest absolute Gasteiger partial charge is 0.231 e. The van der Waals surface area contributed by atoms with Crippen LogP contribution in [-0.2, 0) is 0 Å². The normalized spacial score (nSPS) is 33.2. The van der Waals surface area contributed by atoms with Gasteiger partial charge in [-0.15, -0.1) is 0 Å². The molecule has 4 heteroatoms. The van der Waals surface area contributed by atoms with E-state index in [0.717, 1.165) is 29.4 Å². The number of hydrogen-bond donors (Lipinski definition) is 0. The molecule has 2 fully saturated rings. The zero-order valence-corrected chi connectivity index (χ0v) is 13.4. The standard InChI is InChI=1S/C18H22N2O2/c1-17(2)13-6-7-18(17,3)16(9-13)20-19-10-12-4-5-14-15(8-12)22-11-21-14/h4-5,8,10,13H,6-7,9,11H2,1-3H3/b19-10+,20-16-. The van der Waals surface area contributed by atoms with Crippen LogP contribution in [0.1, 0.15) is 45.6 Å². The molecule has 0 amide bonds. The molecule has 2 aliphatic carbocycles.